The molecule has 0 amide bonds. The largest absolute Gasteiger partial charge is 1.00 e. The van der Waals surface area contributed by atoms with Gasteiger partial charge in [0, 0.05) is 6.61 Å². The van der Waals surface area contributed by atoms with Gasteiger partial charge in [0.1, 0.15) is 0 Å². The van der Waals surface area contributed by atoms with Gasteiger partial charge in [0.15, 0.2) is 11.5 Å². The van der Waals surface area contributed by atoms with E-state index in [0.717, 1.165) is 6.07 Å². The van der Waals surface area contributed by atoms with Crippen LogP contribution in [0.5, 0.6) is 11.5 Å². The molecule has 84 valence electrons. The van der Waals surface area contributed by atoms with E-state index in [-0.39, 0.29) is 36.2 Å². The van der Waals surface area contributed by atoms with Gasteiger partial charge in [-0.2, -0.15) is 0 Å². The average Bonchev–Trinajstić information content (AvgIpc) is 2.08. The maximum absolute atomic E-state index is 10.2. The summed E-state index contributed by atoms with van der Waals surface area (Å²) in [4.78, 5) is 0. The van der Waals surface area contributed by atoms with Crippen LogP contribution >= 0.6 is 0 Å². The standard InChI is InChI=1S/C8H10O6S.Na/c9-4-3-6-1-2-8(7(10)5-6)14-15(11,12)13;/h1-2,5,9-10H,3-4H2,(H,11,12,13);/q;+1/p-1. The van der Waals surface area contributed by atoms with Crippen LogP contribution in [0.25, 0.3) is 0 Å². The molecular formula is C8H9NaO6S. The summed E-state index contributed by atoms with van der Waals surface area (Å²) < 4.78 is 34.7. The Kier molecular flexibility index (Phi) is 6.31. The molecule has 0 atom stereocenters. The second kappa shape index (κ2) is 6.43. The minimum atomic E-state index is -4.88. The molecule has 0 spiro atoms. The zero-order chi connectivity index (χ0) is 11.5. The molecule has 0 heterocycles. The number of hydrogen-bond acceptors (Lipinski definition) is 6. The van der Waals surface area contributed by atoms with Crippen molar-refractivity contribution in [2.24, 2.45) is 0 Å². The van der Waals surface area contributed by atoms with E-state index in [1.165, 1.54) is 12.1 Å². The van der Waals surface area contributed by atoms with Crippen LogP contribution in [0.1, 0.15) is 5.56 Å². The van der Waals surface area contributed by atoms with Crippen LogP contribution in [0, 0.1) is 0 Å². The van der Waals surface area contributed by atoms with E-state index in [1.54, 1.807) is 0 Å². The molecule has 0 saturated carbocycles. The fraction of sp³-hybridized carbons (Fsp3) is 0.250. The third kappa shape index (κ3) is 5.15. The fourth-order valence-corrected chi connectivity index (χ4v) is 1.39. The molecule has 8 heteroatoms. The number of phenolic OH excluding ortho intramolecular Hbond substituents is 1. The van der Waals surface area contributed by atoms with E-state index < -0.39 is 21.9 Å². The first-order valence-electron chi connectivity index (χ1n) is 4.00. The molecule has 1 rings (SSSR count). The summed E-state index contributed by atoms with van der Waals surface area (Å²) >= 11 is 0. The van der Waals surface area contributed by atoms with Crippen LogP contribution in [-0.4, -0.2) is 29.8 Å². The van der Waals surface area contributed by atoms with Gasteiger partial charge in [0.05, 0.1) is 0 Å². The summed E-state index contributed by atoms with van der Waals surface area (Å²) in [5, 5.41) is 17.9. The molecule has 0 aromatic heterocycles. The molecule has 0 bridgehead atoms. The van der Waals surface area contributed by atoms with Gasteiger partial charge in [-0.1, -0.05) is 6.07 Å². The average molecular weight is 256 g/mol. The van der Waals surface area contributed by atoms with E-state index >= 15 is 0 Å². The maximum atomic E-state index is 10.2. The normalized spacial score (nSPS) is 10.6. The van der Waals surface area contributed by atoms with Gasteiger partial charge in [-0.15, -0.1) is 0 Å². The van der Waals surface area contributed by atoms with Gasteiger partial charge in [-0.3, -0.25) is 0 Å². The molecule has 0 saturated heterocycles. The SMILES string of the molecule is O=S(=O)([O-])Oc1ccc(CCO)cc1O.[Na+]. The topological polar surface area (TPSA) is 107 Å². The number of aliphatic hydroxyl groups is 1. The molecule has 1 aromatic carbocycles. The van der Waals surface area contributed by atoms with Gasteiger partial charge in [0.2, 0.25) is 0 Å². The molecule has 16 heavy (non-hydrogen) atoms. The molecule has 0 aliphatic rings. The van der Waals surface area contributed by atoms with Crippen molar-refractivity contribution in [1.82, 2.24) is 0 Å². The summed E-state index contributed by atoms with van der Waals surface area (Å²) in [5.41, 5.74) is 0.602. The third-order valence-corrected chi connectivity index (χ3v) is 2.00. The number of hydrogen-bond donors (Lipinski definition) is 2. The minimum absolute atomic E-state index is 0. The number of benzene rings is 1. The van der Waals surface area contributed by atoms with Crippen molar-refractivity contribution < 1.29 is 56.9 Å². The summed E-state index contributed by atoms with van der Waals surface area (Å²) in [6, 6.07) is 3.81. The molecule has 2 N–H and O–H groups in total. The zero-order valence-corrected chi connectivity index (χ0v) is 11.4. The van der Waals surface area contributed by atoms with E-state index in [4.69, 9.17) is 5.11 Å². The van der Waals surface area contributed by atoms with Crippen molar-refractivity contribution >= 4 is 10.4 Å². The van der Waals surface area contributed by atoms with Crippen LogP contribution in [0.3, 0.4) is 0 Å². The zero-order valence-electron chi connectivity index (χ0n) is 8.58. The van der Waals surface area contributed by atoms with Crippen LogP contribution in [0.4, 0.5) is 0 Å². The third-order valence-electron chi connectivity index (χ3n) is 1.62. The second-order valence-corrected chi connectivity index (χ2v) is 3.75. The Bertz CT molecular complexity index is 444. The van der Waals surface area contributed by atoms with Gasteiger partial charge in [-0.25, -0.2) is 8.42 Å². The van der Waals surface area contributed by atoms with E-state index in [0.29, 0.717) is 12.0 Å². The monoisotopic (exact) mass is 256 g/mol. The predicted octanol–water partition coefficient (Wildman–Crippen LogP) is -3.23. The van der Waals surface area contributed by atoms with Crippen molar-refractivity contribution in [1.29, 1.82) is 0 Å². The first kappa shape index (κ1) is 15.7. The van der Waals surface area contributed by atoms with Gasteiger partial charge in [-0.05, 0) is 24.1 Å². The molecule has 0 radical (unpaired) electrons. The molecular weight excluding hydrogens is 247 g/mol. The number of rotatable bonds is 4. The predicted molar refractivity (Wildman–Crippen MR) is 49.2 cm³/mol. The summed E-state index contributed by atoms with van der Waals surface area (Å²) in [6.45, 7) is -0.0977. The Balaban J connectivity index is 0.00000225. The Morgan fingerprint density at radius 3 is 2.44 bits per heavy atom. The second-order valence-electron chi connectivity index (χ2n) is 2.77. The number of aromatic hydroxyl groups is 1. The Morgan fingerprint density at radius 1 is 1.38 bits per heavy atom. The smallest absolute Gasteiger partial charge is 0.716 e. The quantitative estimate of drug-likeness (QED) is 0.333. The minimum Gasteiger partial charge on any atom is -0.716 e. The first-order chi connectivity index (χ1) is 6.92. The number of aliphatic hydroxyl groups excluding tert-OH is 1. The molecule has 0 aliphatic carbocycles. The van der Waals surface area contributed by atoms with Gasteiger partial charge < -0.3 is 18.9 Å². The van der Waals surface area contributed by atoms with Crippen molar-refractivity contribution in [3.63, 3.8) is 0 Å². The molecule has 6 nitrogen and oxygen atoms in total. The maximum Gasteiger partial charge on any atom is 1.00 e. The Labute approximate surface area is 115 Å². The Morgan fingerprint density at radius 2 is 2.00 bits per heavy atom. The molecule has 0 fully saturated rings. The van der Waals surface area contributed by atoms with E-state index in [1.807, 2.05) is 0 Å². The van der Waals surface area contributed by atoms with Crippen LogP contribution in [-0.2, 0) is 16.8 Å². The summed E-state index contributed by atoms with van der Waals surface area (Å²) in [6.07, 6.45) is 0.317. The van der Waals surface area contributed by atoms with Crippen molar-refractivity contribution in [2.75, 3.05) is 6.61 Å². The summed E-state index contributed by atoms with van der Waals surface area (Å²) in [5.74, 6) is -0.882. The van der Waals surface area contributed by atoms with E-state index in [9.17, 15) is 18.1 Å². The summed E-state index contributed by atoms with van der Waals surface area (Å²) in [7, 11) is -4.88. The first-order valence-corrected chi connectivity index (χ1v) is 5.34. The van der Waals surface area contributed by atoms with Crippen molar-refractivity contribution in [3.8, 4) is 11.5 Å². The van der Waals surface area contributed by atoms with Gasteiger partial charge >= 0.3 is 29.6 Å². The molecule has 0 unspecified atom stereocenters. The van der Waals surface area contributed by atoms with Crippen LogP contribution < -0.4 is 33.7 Å². The van der Waals surface area contributed by atoms with Crippen molar-refractivity contribution in [2.45, 2.75) is 6.42 Å². The molecule has 1 aromatic rings. The molecule has 0 aliphatic heterocycles. The van der Waals surface area contributed by atoms with Crippen molar-refractivity contribution in [3.05, 3.63) is 23.8 Å². The fourth-order valence-electron chi connectivity index (χ4n) is 1.03. The van der Waals surface area contributed by atoms with Crippen LogP contribution in [0.2, 0.25) is 0 Å². The van der Waals surface area contributed by atoms with Crippen LogP contribution in [0.15, 0.2) is 18.2 Å². The van der Waals surface area contributed by atoms with Gasteiger partial charge in [0.25, 0.3) is 10.4 Å². The Hall–Kier alpha value is -0.310. The van der Waals surface area contributed by atoms with E-state index in [2.05, 4.69) is 4.18 Å². The number of phenols is 1.